The molecular formula is C24H15F3N2O4. The van der Waals surface area contributed by atoms with E-state index in [4.69, 9.17) is 4.42 Å². The van der Waals surface area contributed by atoms with Gasteiger partial charge in [0, 0.05) is 16.8 Å². The van der Waals surface area contributed by atoms with Crippen LogP contribution in [-0.4, -0.2) is 22.0 Å². The van der Waals surface area contributed by atoms with Crippen LogP contribution in [0.2, 0.25) is 0 Å². The number of carboxylic acid groups (broad SMARTS) is 1. The van der Waals surface area contributed by atoms with Gasteiger partial charge in [0.2, 0.25) is 11.7 Å². The van der Waals surface area contributed by atoms with Crippen molar-refractivity contribution in [2.24, 2.45) is 0 Å². The molecule has 0 unspecified atom stereocenters. The molecule has 6 nitrogen and oxygen atoms in total. The zero-order chi connectivity index (χ0) is 23.6. The lowest BCUT2D eigenvalue weighted by atomic mass is 10.0. The van der Waals surface area contributed by atoms with E-state index in [0.717, 1.165) is 0 Å². The number of alkyl halides is 3. The van der Waals surface area contributed by atoms with E-state index in [1.54, 1.807) is 48.5 Å². The minimum absolute atomic E-state index is 0.0171. The summed E-state index contributed by atoms with van der Waals surface area (Å²) in [6.45, 7) is 0. The number of anilines is 1. The first-order chi connectivity index (χ1) is 15.7. The molecule has 9 heteroatoms. The molecule has 0 atom stereocenters. The predicted octanol–water partition coefficient (Wildman–Crippen LogP) is 5.98. The topological polar surface area (TPSA) is 92.4 Å². The summed E-state index contributed by atoms with van der Waals surface area (Å²) in [7, 11) is 0. The third kappa shape index (κ3) is 4.62. The third-order valence-corrected chi connectivity index (χ3v) is 4.72. The van der Waals surface area contributed by atoms with Gasteiger partial charge in [-0.25, -0.2) is 9.78 Å². The van der Waals surface area contributed by atoms with Crippen molar-refractivity contribution in [3.05, 3.63) is 95.9 Å². The fourth-order valence-corrected chi connectivity index (χ4v) is 3.20. The van der Waals surface area contributed by atoms with Gasteiger partial charge >= 0.3 is 12.1 Å². The number of aromatic nitrogens is 1. The number of nitrogens with zero attached hydrogens (tertiary/aromatic N) is 1. The van der Waals surface area contributed by atoms with Crippen molar-refractivity contribution in [1.29, 1.82) is 0 Å². The van der Waals surface area contributed by atoms with Gasteiger partial charge in [0.15, 0.2) is 5.69 Å². The summed E-state index contributed by atoms with van der Waals surface area (Å²) in [5.41, 5.74) is 0.232. The van der Waals surface area contributed by atoms with Crippen molar-refractivity contribution in [3.63, 3.8) is 0 Å². The number of aromatic carboxylic acids is 1. The second-order valence-electron chi connectivity index (χ2n) is 6.95. The molecule has 4 aromatic rings. The van der Waals surface area contributed by atoms with Crippen molar-refractivity contribution >= 4 is 17.6 Å². The Labute approximate surface area is 185 Å². The molecule has 1 amide bonds. The van der Waals surface area contributed by atoms with Crippen LogP contribution in [0.4, 0.5) is 18.9 Å². The number of nitrogens with one attached hydrogen (secondary N) is 1. The van der Waals surface area contributed by atoms with E-state index in [2.05, 4.69) is 10.3 Å². The molecular weight excluding hydrogens is 437 g/mol. The number of rotatable bonds is 5. The second-order valence-corrected chi connectivity index (χ2v) is 6.95. The highest BCUT2D eigenvalue weighted by molar-refractivity contribution is 6.07. The molecule has 3 aromatic carbocycles. The Morgan fingerprint density at radius 1 is 0.879 bits per heavy atom. The average molecular weight is 452 g/mol. The van der Waals surface area contributed by atoms with Gasteiger partial charge in [-0.2, -0.15) is 13.2 Å². The number of halogens is 3. The van der Waals surface area contributed by atoms with Crippen LogP contribution in [0.1, 0.15) is 26.6 Å². The molecule has 0 aliphatic heterocycles. The highest BCUT2D eigenvalue weighted by atomic mass is 19.4. The van der Waals surface area contributed by atoms with Gasteiger partial charge in [0.05, 0.1) is 5.56 Å². The first-order valence-corrected chi connectivity index (χ1v) is 9.61. The van der Waals surface area contributed by atoms with Crippen LogP contribution >= 0.6 is 0 Å². The number of hydrogen-bond acceptors (Lipinski definition) is 4. The van der Waals surface area contributed by atoms with Gasteiger partial charge < -0.3 is 14.8 Å². The standard InChI is InChI=1S/C24H15F3N2O4/c25-24(26,27)20-19(29-22(33-20)15-9-5-2-6-10-15)21(30)28-18-13-16(23(31)32)11-12-17(18)14-7-3-1-4-8-14/h1-13H,(H,28,30)(H,31,32). The number of benzene rings is 3. The fraction of sp³-hybridized carbons (Fsp3) is 0.0417. The maximum atomic E-state index is 13.6. The molecule has 33 heavy (non-hydrogen) atoms. The van der Waals surface area contributed by atoms with Crippen LogP contribution in [0, 0.1) is 0 Å². The van der Waals surface area contributed by atoms with E-state index >= 15 is 0 Å². The zero-order valence-corrected chi connectivity index (χ0v) is 16.8. The fourth-order valence-electron chi connectivity index (χ4n) is 3.20. The largest absolute Gasteiger partial charge is 0.478 e. The van der Waals surface area contributed by atoms with E-state index < -0.39 is 29.5 Å². The first kappa shape index (κ1) is 21.8. The van der Waals surface area contributed by atoms with Crippen LogP contribution in [0.3, 0.4) is 0 Å². The molecule has 0 saturated carbocycles. The smallest absolute Gasteiger partial charge is 0.452 e. The molecule has 0 saturated heterocycles. The maximum Gasteiger partial charge on any atom is 0.452 e. The van der Waals surface area contributed by atoms with Crippen molar-refractivity contribution in [2.75, 3.05) is 5.32 Å². The van der Waals surface area contributed by atoms with E-state index in [0.29, 0.717) is 11.1 Å². The minimum Gasteiger partial charge on any atom is -0.478 e. The lowest BCUT2D eigenvalue weighted by molar-refractivity contribution is -0.153. The Morgan fingerprint density at radius 2 is 1.48 bits per heavy atom. The Balaban J connectivity index is 1.78. The molecule has 0 bridgehead atoms. The Kier molecular flexibility index (Phi) is 5.70. The highest BCUT2D eigenvalue weighted by Gasteiger charge is 2.42. The van der Waals surface area contributed by atoms with Crippen LogP contribution < -0.4 is 5.32 Å². The Morgan fingerprint density at radius 3 is 2.06 bits per heavy atom. The summed E-state index contributed by atoms with van der Waals surface area (Å²) in [6, 6.07) is 20.5. The molecule has 2 N–H and O–H groups in total. The molecule has 0 aliphatic carbocycles. The van der Waals surface area contributed by atoms with Gasteiger partial charge in [-0.1, -0.05) is 54.6 Å². The zero-order valence-electron chi connectivity index (χ0n) is 16.8. The minimum atomic E-state index is -4.97. The molecule has 1 aromatic heterocycles. The first-order valence-electron chi connectivity index (χ1n) is 9.61. The summed E-state index contributed by atoms with van der Waals surface area (Å²) in [4.78, 5) is 28.1. The summed E-state index contributed by atoms with van der Waals surface area (Å²) in [6.07, 6.45) is -4.97. The third-order valence-electron chi connectivity index (χ3n) is 4.72. The summed E-state index contributed by atoms with van der Waals surface area (Å²) >= 11 is 0. The number of amides is 1. The second kappa shape index (κ2) is 8.62. The number of oxazole rings is 1. The molecule has 4 rings (SSSR count). The number of carboxylic acids is 1. The molecule has 0 spiro atoms. The van der Waals surface area contributed by atoms with Crippen LogP contribution in [0.25, 0.3) is 22.6 Å². The number of hydrogen-bond donors (Lipinski definition) is 2. The van der Waals surface area contributed by atoms with E-state index in [1.165, 1.54) is 30.3 Å². The van der Waals surface area contributed by atoms with Crippen LogP contribution in [0.15, 0.2) is 83.3 Å². The molecule has 0 aliphatic rings. The predicted molar refractivity (Wildman–Crippen MR) is 114 cm³/mol. The maximum absolute atomic E-state index is 13.6. The van der Waals surface area contributed by atoms with Gasteiger partial charge in [0.25, 0.3) is 5.91 Å². The highest BCUT2D eigenvalue weighted by Crippen LogP contribution is 2.36. The monoisotopic (exact) mass is 452 g/mol. The lowest BCUT2D eigenvalue weighted by Gasteiger charge is -2.12. The van der Waals surface area contributed by atoms with Gasteiger partial charge in [0.1, 0.15) is 0 Å². The molecule has 0 fully saturated rings. The van der Waals surface area contributed by atoms with E-state index in [1.807, 2.05) is 0 Å². The summed E-state index contributed by atoms with van der Waals surface area (Å²) in [5, 5.41) is 11.7. The lowest BCUT2D eigenvalue weighted by Crippen LogP contribution is -2.18. The average Bonchev–Trinajstić information content (AvgIpc) is 3.27. The normalized spacial score (nSPS) is 11.2. The number of carbonyl (C=O) groups excluding carboxylic acids is 1. The van der Waals surface area contributed by atoms with E-state index in [9.17, 15) is 27.9 Å². The van der Waals surface area contributed by atoms with E-state index in [-0.39, 0.29) is 22.7 Å². The molecule has 0 radical (unpaired) electrons. The summed E-state index contributed by atoms with van der Waals surface area (Å²) in [5.74, 6) is -4.35. The molecule has 1 heterocycles. The van der Waals surface area contributed by atoms with Crippen LogP contribution in [-0.2, 0) is 6.18 Å². The van der Waals surface area contributed by atoms with Crippen molar-refractivity contribution in [3.8, 4) is 22.6 Å². The SMILES string of the molecule is O=C(O)c1ccc(-c2ccccc2)c(NC(=O)c2nc(-c3ccccc3)oc2C(F)(F)F)c1. The number of carbonyl (C=O) groups is 2. The van der Waals surface area contributed by atoms with Gasteiger partial charge in [-0.3, -0.25) is 4.79 Å². The molecule has 166 valence electrons. The van der Waals surface area contributed by atoms with Crippen molar-refractivity contribution in [2.45, 2.75) is 6.18 Å². The van der Waals surface area contributed by atoms with Crippen LogP contribution in [0.5, 0.6) is 0 Å². The van der Waals surface area contributed by atoms with Crippen molar-refractivity contribution < 1.29 is 32.3 Å². The quantitative estimate of drug-likeness (QED) is 0.389. The van der Waals surface area contributed by atoms with Gasteiger partial charge in [-0.15, -0.1) is 0 Å². The Hall–Kier alpha value is -4.40. The Bertz CT molecular complexity index is 1320. The van der Waals surface area contributed by atoms with Gasteiger partial charge in [-0.05, 0) is 29.8 Å². The summed E-state index contributed by atoms with van der Waals surface area (Å²) < 4.78 is 45.7. The van der Waals surface area contributed by atoms with Crippen molar-refractivity contribution in [1.82, 2.24) is 4.98 Å².